The van der Waals surface area contributed by atoms with Crippen molar-refractivity contribution < 1.29 is 18.9 Å². The van der Waals surface area contributed by atoms with Crippen LogP contribution in [0, 0.1) is 5.41 Å². The second-order valence-corrected chi connectivity index (χ2v) is 7.22. The Bertz CT molecular complexity index is 392. The molecule has 2 atom stereocenters. The molecule has 1 heterocycles. The molecule has 1 rings (SSSR count). The van der Waals surface area contributed by atoms with Crippen molar-refractivity contribution in [1.82, 2.24) is 10.2 Å². The van der Waals surface area contributed by atoms with Crippen LogP contribution in [-0.2, 0) is 15.6 Å². The molecule has 7 heteroatoms. The summed E-state index contributed by atoms with van der Waals surface area (Å²) >= 11 is 0. The molecule has 1 saturated heterocycles. The van der Waals surface area contributed by atoms with Crippen molar-refractivity contribution in [3.05, 3.63) is 0 Å². The van der Waals surface area contributed by atoms with Gasteiger partial charge in [0.2, 0.25) is 0 Å². The van der Waals surface area contributed by atoms with Crippen LogP contribution < -0.4 is 5.32 Å². The van der Waals surface area contributed by atoms with E-state index >= 15 is 0 Å². The Kier molecular flexibility index (Phi) is 5.98. The van der Waals surface area contributed by atoms with Crippen molar-refractivity contribution in [1.29, 1.82) is 0 Å². The Hall–Kier alpha value is -1.11. The number of hydrogen-bond acceptors (Lipinski definition) is 3. The summed E-state index contributed by atoms with van der Waals surface area (Å²) in [5.74, 6) is -0.768. The van der Waals surface area contributed by atoms with Gasteiger partial charge in [-0.1, -0.05) is 6.92 Å². The molecule has 116 valence electrons. The molecular formula is C13H24N2O4S. The van der Waals surface area contributed by atoms with Crippen LogP contribution in [0.15, 0.2) is 0 Å². The quantitative estimate of drug-likeness (QED) is 0.794. The van der Waals surface area contributed by atoms with Crippen LogP contribution in [0.1, 0.15) is 33.1 Å². The van der Waals surface area contributed by atoms with Crippen LogP contribution in [0.25, 0.3) is 0 Å². The summed E-state index contributed by atoms with van der Waals surface area (Å²) in [6, 6.07) is -0.197. The van der Waals surface area contributed by atoms with E-state index in [0.29, 0.717) is 38.9 Å². The molecule has 0 aromatic heterocycles. The maximum atomic E-state index is 12.0. The first-order chi connectivity index (χ1) is 9.32. The first kappa shape index (κ1) is 16.9. The highest BCUT2D eigenvalue weighted by molar-refractivity contribution is 7.84. The molecule has 2 amide bonds. The molecule has 2 N–H and O–H groups in total. The molecule has 0 aliphatic carbocycles. The van der Waals surface area contributed by atoms with Gasteiger partial charge in [0.1, 0.15) is 0 Å². The third-order valence-electron chi connectivity index (χ3n) is 4.25. The van der Waals surface area contributed by atoms with Crippen LogP contribution in [0.5, 0.6) is 0 Å². The molecule has 6 nitrogen and oxygen atoms in total. The first-order valence-electron chi connectivity index (χ1n) is 6.91. The fraction of sp³-hybridized carbons (Fsp3) is 0.846. The molecule has 0 spiro atoms. The number of hydrogen-bond donors (Lipinski definition) is 2. The molecule has 1 aliphatic rings. The molecule has 1 aliphatic heterocycles. The molecule has 0 radical (unpaired) electrons. The predicted molar refractivity (Wildman–Crippen MR) is 78.1 cm³/mol. The molecule has 0 bridgehead atoms. The number of nitrogens with one attached hydrogen (secondary N) is 1. The van der Waals surface area contributed by atoms with E-state index in [9.17, 15) is 18.9 Å². The van der Waals surface area contributed by atoms with E-state index in [1.165, 1.54) is 0 Å². The van der Waals surface area contributed by atoms with Crippen LogP contribution in [0.4, 0.5) is 4.79 Å². The van der Waals surface area contributed by atoms with Gasteiger partial charge in [-0.05, 0) is 26.2 Å². The summed E-state index contributed by atoms with van der Waals surface area (Å²) in [5, 5.41) is 12.0. The Morgan fingerprint density at radius 1 is 1.40 bits per heavy atom. The summed E-state index contributed by atoms with van der Waals surface area (Å²) in [7, 11) is -0.963. The van der Waals surface area contributed by atoms with E-state index in [0.717, 1.165) is 0 Å². The summed E-state index contributed by atoms with van der Waals surface area (Å²) < 4.78 is 11.2. The largest absolute Gasteiger partial charge is 0.481 e. The topological polar surface area (TPSA) is 86.7 Å². The fourth-order valence-corrected chi connectivity index (χ4v) is 2.63. The SMILES string of the molecule is CCC1(C(=O)O)CCN(C(=O)NCC(C)S(C)=O)CC1. The van der Waals surface area contributed by atoms with Crippen molar-refractivity contribution >= 4 is 22.8 Å². The van der Waals surface area contributed by atoms with Crippen molar-refractivity contribution in [3.8, 4) is 0 Å². The fourth-order valence-electron chi connectivity index (χ4n) is 2.32. The van der Waals surface area contributed by atoms with Crippen molar-refractivity contribution in [2.45, 2.75) is 38.4 Å². The number of nitrogens with zero attached hydrogens (tertiary/aromatic N) is 1. The number of urea groups is 1. The van der Waals surface area contributed by atoms with E-state index in [-0.39, 0.29) is 11.3 Å². The summed E-state index contributed by atoms with van der Waals surface area (Å²) in [6.45, 7) is 4.97. The maximum Gasteiger partial charge on any atom is 0.317 e. The van der Waals surface area contributed by atoms with Gasteiger partial charge in [0.05, 0.1) is 5.41 Å². The Morgan fingerprint density at radius 3 is 2.35 bits per heavy atom. The van der Waals surface area contributed by atoms with E-state index in [4.69, 9.17) is 0 Å². The molecular weight excluding hydrogens is 280 g/mol. The van der Waals surface area contributed by atoms with E-state index < -0.39 is 22.2 Å². The van der Waals surface area contributed by atoms with Gasteiger partial charge < -0.3 is 15.3 Å². The zero-order chi connectivity index (χ0) is 15.3. The lowest BCUT2D eigenvalue weighted by molar-refractivity contribution is -0.151. The summed E-state index contributed by atoms with van der Waals surface area (Å²) in [6.07, 6.45) is 3.17. The maximum absolute atomic E-state index is 12.0. The van der Waals surface area contributed by atoms with Gasteiger partial charge >= 0.3 is 12.0 Å². The van der Waals surface area contributed by atoms with E-state index in [1.54, 1.807) is 11.2 Å². The van der Waals surface area contributed by atoms with Gasteiger partial charge in [-0.3, -0.25) is 9.00 Å². The normalized spacial score (nSPS) is 21.1. The third kappa shape index (κ3) is 3.94. The van der Waals surface area contributed by atoms with E-state index in [1.807, 2.05) is 13.8 Å². The third-order valence-corrected chi connectivity index (χ3v) is 5.55. The second-order valence-electron chi connectivity index (χ2n) is 5.42. The van der Waals surface area contributed by atoms with Crippen molar-refractivity contribution in [2.75, 3.05) is 25.9 Å². The van der Waals surface area contributed by atoms with Gasteiger partial charge in [0.15, 0.2) is 0 Å². The molecule has 0 aromatic rings. The average Bonchev–Trinajstić information content (AvgIpc) is 2.43. The molecule has 1 fully saturated rings. The number of amides is 2. The van der Waals surface area contributed by atoms with Crippen LogP contribution in [-0.4, -0.2) is 57.4 Å². The molecule has 20 heavy (non-hydrogen) atoms. The zero-order valence-corrected chi connectivity index (χ0v) is 13.2. The second kappa shape index (κ2) is 7.06. The summed E-state index contributed by atoms with van der Waals surface area (Å²) in [4.78, 5) is 24.9. The number of carboxylic acids is 1. The Balaban J connectivity index is 2.47. The van der Waals surface area contributed by atoms with Crippen molar-refractivity contribution in [3.63, 3.8) is 0 Å². The Labute approximate surface area is 122 Å². The van der Waals surface area contributed by atoms with Gasteiger partial charge in [0, 0.05) is 41.9 Å². The first-order valence-corrected chi connectivity index (χ1v) is 8.53. The zero-order valence-electron chi connectivity index (χ0n) is 12.3. The number of carbonyl (C=O) groups is 2. The number of likely N-dealkylation sites (tertiary alicyclic amines) is 1. The minimum absolute atomic E-state index is 0.0857. The highest BCUT2D eigenvalue weighted by atomic mass is 32.2. The van der Waals surface area contributed by atoms with Gasteiger partial charge in [0.25, 0.3) is 0 Å². The van der Waals surface area contributed by atoms with Crippen LogP contribution in [0.2, 0.25) is 0 Å². The van der Waals surface area contributed by atoms with Crippen molar-refractivity contribution in [2.24, 2.45) is 5.41 Å². The lowest BCUT2D eigenvalue weighted by atomic mass is 9.76. The predicted octanol–water partition coefficient (Wildman–Crippen LogP) is 1.04. The van der Waals surface area contributed by atoms with Gasteiger partial charge in [-0.2, -0.15) is 0 Å². The molecule has 0 aromatic carbocycles. The van der Waals surface area contributed by atoms with E-state index in [2.05, 4.69) is 5.32 Å². The lowest BCUT2D eigenvalue weighted by Crippen LogP contribution is -2.50. The number of carbonyl (C=O) groups excluding carboxylic acids is 1. The number of aliphatic carboxylic acids is 1. The van der Waals surface area contributed by atoms with Gasteiger partial charge in [-0.25, -0.2) is 4.79 Å². The highest BCUT2D eigenvalue weighted by Gasteiger charge is 2.40. The minimum Gasteiger partial charge on any atom is -0.481 e. The smallest absolute Gasteiger partial charge is 0.317 e. The monoisotopic (exact) mass is 304 g/mol. The average molecular weight is 304 g/mol. The summed E-state index contributed by atoms with van der Waals surface area (Å²) in [5.41, 5.74) is -0.686. The Morgan fingerprint density at radius 2 is 1.95 bits per heavy atom. The number of carboxylic acid groups (broad SMARTS) is 1. The lowest BCUT2D eigenvalue weighted by Gasteiger charge is -2.38. The van der Waals surface area contributed by atoms with Crippen LogP contribution in [0.3, 0.4) is 0 Å². The molecule has 2 unspecified atom stereocenters. The number of piperidine rings is 1. The minimum atomic E-state index is -0.963. The van der Waals surface area contributed by atoms with Crippen LogP contribution >= 0.6 is 0 Å². The number of rotatable bonds is 5. The highest BCUT2D eigenvalue weighted by Crippen LogP contribution is 2.35. The molecule has 0 saturated carbocycles. The standard InChI is InChI=1S/C13H24N2O4S/c1-4-13(11(16)17)5-7-15(8-6-13)12(18)14-9-10(2)20(3)19/h10H,4-9H2,1-3H3,(H,14,18)(H,16,17). The van der Waals surface area contributed by atoms with Gasteiger partial charge in [-0.15, -0.1) is 0 Å².